The van der Waals surface area contributed by atoms with E-state index in [0.29, 0.717) is 6.61 Å². The standard InChI is InChI=1S/C22H29BrN2O2/c1-24-12-14-25(15-13-24)11-3-4-18-7-10-21(22(16-18)26-2)27-17-19-5-8-20(23)9-6-19/h5-10,16H,3-4,11-15,17H2,1-2H3. The maximum absolute atomic E-state index is 5.97. The minimum atomic E-state index is 0.534. The predicted octanol–water partition coefficient (Wildman–Crippen LogP) is 4.22. The number of likely N-dealkylation sites (N-methyl/N-ethyl adjacent to an activating group) is 1. The van der Waals surface area contributed by atoms with Crippen LogP contribution in [0, 0.1) is 0 Å². The van der Waals surface area contributed by atoms with Crippen LogP contribution in [0.4, 0.5) is 0 Å². The fourth-order valence-electron chi connectivity index (χ4n) is 3.31. The van der Waals surface area contributed by atoms with Crippen molar-refractivity contribution in [2.24, 2.45) is 0 Å². The predicted molar refractivity (Wildman–Crippen MR) is 114 cm³/mol. The first-order valence-electron chi connectivity index (χ1n) is 9.59. The van der Waals surface area contributed by atoms with Gasteiger partial charge in [0.05, 0.1) is 7.11 Å². The molecule has 1 saturated heterocycles. The number of hydrogen-bond acceptors (Lipinski definition) is 4. The molecule has 2 aromatic rings. The van der Waals surface area contributed by atoms with Crippen LogP contribution in [0.1, 0.15) is 17.5 Å². The second kappa shape index (κ2) is 10.1. The molecular formula is C22H29BrN2O2. The maximum Gasteiger partial charge on any atom is 0.161 e. The zero-order valence-corrected chi connectivity index (χ0v) is 17.9. The smallest absolute Gasteiger partial charge is 0.161 e. The third kappa shape index (κ3) is 6.23. The van der Waals surface area contributed by atoms with Crippen molar-refractivity contribution in [2.45, 2.75) is 19.4 Å². The summed E-state index contributed by atoms with van der Waals surface area (Å²) in [6, 6.07) is 14.5. The Labute approximate surface area is 171 Å². The van der Waals surface area contributed by atoms with Crippen molar-refractivity contribution in [1.82, 2.24) is 9.80 Å². The summed E-state index contributed by atoms with van der Waals surface area (Å²) in [5, 5.41) is 0. The summed E-state index contributed by atoms with van der Waals surface area (Å²) in [6.45, 7) is 6.42. The molecule has 0 spiro atoms. The molecule has 1 heterocycles. The number of benzene rings is 2. The molecular weight excluding hydrogens is 404 g/mol. The Balaban J connectivity index is 1.50. The summed E-state index contributed by atoms with van der Waals surface area (Å²) >= 11 is 3.45. The molecule has 0 saturated carbocycles. The molecule has 2 aromatic carbocycles. The lowest BCUT2D eigenvalue weighted by Gasteiger charge is -2.32. The molecule has 146 valence electrons. The third-order valence-electron chi connectivity index (χ3n) is 5.07. The van der Waals surface area contributed by atoms with E-state index in [0.717, 1.165) is 34.5 Å². The summed E-state index contributed by atoms with van der Waals surface area (Å²) in [5.74, 6) is 1.60. The van der Waals surface area contributed by atoms with Gasteiger partial charge in [-0.15, -0.1) is 0 Å². The van der Waals surface area contributed by atoms with E-state index in [1.807, 2.05) is 18.2 Å². The van der Waals surface area contributed by atoms with E-state index in [9.17, 15) is 0 Å². The molecule has 0 radical (unpaired) electrons. The topological polar surface area (TPSA) is 24.9 Å². The number of methoxy groups -OCH3 is 1. The number of halogens is 1. The highest BCUT2D eigenvalue weighted by atomic mass is 79.9. The second-order valence-corrected chi connectivity index (χ2v) is 8.06. The van der Waals surface area contributed by atoms with Gasteiger partial charge in [0.25, 0.3) is 0 Å². The molecule has 0 aromatic heterocycles. The largest absolute Gasteiger partial charge is 0.493 e. The van der Waals surface area contributed by atoms with Gasteiger partial charge in [-0.2, -0.15) is 0 Å². The van der Waals surface area contributed by atoms with Gasteiger partial charge in [0.15, 0.2) is 11.5 Å². The highest BCUT2D eigenvalue weighted by Gasteiger charge is 2.13. The molecule has 1 aliphatic heterocycles. The van der Waals surface area contributed by atoms with Crippen LogP contribution in [0.2, 0.25) is 0 Å². The first-order chi connectivity index (χ1) is 13.1. The van der Waals surface area contributed by atoms with E-state index in [4.69, 9.17) is 9.47 Å². The molecule has 4 nitrogen and oxygen atoms in total. The summed E-state index contributed by atoms with van der Waals surface area (Å²) in [4.78, 5) is 4.96. The van der Waals surface area contributed by atoms with E-state index in [-0.39, 0.29) is 0 Å². The van der Waals surface area contributed by atoms with Gasteiger partial charge in [0.2, 0.25) is 0 Å². The number of piperazine rings is 1. The van der Waals surface area contributed by atoms with E-state index in [2.05, 4.69) is 57.0 Å². The van der Waals surface area contributed by atoms with Crippen LogP contribution < -0.4 is 9.47 Å². The molecule has 5 heteroatoms. The number of nitrogens with zero attached hydrogens (tertiary/aromatic N) is 2. The zero-order chi connectivity index (χ0) is 19.1. The van der Waals surface area contributed by atoms with Gasteiger partial charge in [0, 0.05) is 30.7 Å². The molecule has 0 unspecified atom stereocenters. The molecule has 0 amide bonds. The van der Waals surface area contributed by atoms with Crippen molar-refractivity contribution in [3.63, 3.8) is 0 Å². The van der Waals surface area contributed by atoms with Gasteiger partial charge in [0.1, 0.15) is 6.61 Å². The lowest BCUT2D eigenvalue weighted by atomic mass is 10.1. The number of aryl methyl sites for hydroxylation is 1. The molecule has 0 aliphatic carbocycles. The zero-order valence-electron chi connectivity index (χ0n) is 16.3. The first kappa shape index (κ1) is 20.2. The van der Waals surface area contributed by atoms with Crippen LogP contribution >= 0.6 is 15.9 Å². The van der Waals surface area contributed by atoms with Gasteiger partial charge < -0.3 is 19.3 Å². The van der Waals surface area contributed by atoms with E-state index >= 15 is 0 Å². The summed E-state index contributed by atoms with van der Waals surface area (Å²) in [5.41, 5.74) is 2.44. The van der Waals surface area contributed by atoms with E-state index < -0.39 is 0 Å². The minimum absolute atomic E-state index is 0.534. The average Bonchev–Trinajstić information content (AvgIpc) is 2.69. The van der Waals surface area contributed by atoms with Crippen LogP contribution in [-0.2, 0) is 13.0 Å². The number of rotatable bonds is 8. The highest BCUT2D eigenvalue weighted by molar-refractivity contribution is 9.10. The Hall–Kier alpha value is -1.56. The Morgan fingerprint density at radius 2 is 1.63 bits per heavy atom. The highest BCUT2D eigenvalue weighted by Crippen LogP contribution is 2.29. The van der Waals surface area contributed by atoms with Crippen molar-refractivity contribution >= 4 is 15.9 Å². The minimum Gasteiger partial charge on any atom is -0.493 e. The van der Waals surface area contributed by atoms with Crippen LogP contribution in [0.5, 0.6) is 11.5 Å². The molecule has 0 atom stereocenters. The summed E-state index contributed by atoms with van der Waals surface area (Å²) < 4.78 is 12.6. The molecule has 1 aliphatic rings. The van der Waals surface area contributed by atoms with Crippen molar-refractivity contribution in [3.05, 3.63) is 58.1 Å². The van der Waals surface area contributed by atoms with Crippen molar-refractivity contribution < 1.29 is 9.47 Å². The second-order valence-electron chi connectivity index (χ2n) is 7.15. The number of hydrogen-bond donors (Lipinski definition) is 0. The Kier molecular flexibility index (Phi) is 7.56. The normalized spacial score (nSPS) is 15.7. The molecule has 27 heavy (non-hydrogen) atoms. The Morgan fingerprint density at radius 1 is 0.926 bits per heavy atom. The summed E-state index contributed by atoms with van der Waals surface area (Å²) in [7, 11) is 3.90. The average molecular weight is 433 g/mol. The monoisotopic (exact) mass is 432 g/mol. The van der Waals surface area contributed by atoms with Crippen LogP contribution in [0.25, 0.3) is 0 Å². The lowest BCUT2D eigenvalue weighted by Crippen LogP contribution is -2.44. The summed E-state index contributed by atoms with van der Waals surface area (Å²) in [6.07, 6.45) is 2.24. The Bertz CT molecular complexity index is 713. The van der Waals surface area contributed by atoms with Gasteiger partial charge in [-0.25, -0.2) is 0 Å². The fourth-order valence-corrected chi connectivity index (χ4v) is 3.57. The molecule has 3 rings (SSSR count). The first-order valence-corrected chi connectivity index (χ1v) is 10.4. The third-order valence-corrected chi connectivity index (χ3v) is 5.60. The fraction of sp³-hybridized carbons (Fsp3) is 0.455. The van der Waals surface area contributed by atoms with Gasteiger partial charge >= 0.3 is 0 Å². The maximum atomic E-state index is 5.97. The quantitative estimate of drug-likeness (QED) is 0.623. The van der Waals surface area contributed by atoms with Gasteiger partial charge in [-0.1, -0.05) is 34.1 Å². The lowest BCUT2D eigenvalue weighted by molar-refractivity contribution is 0.153. The van der Waals surface area contributed by atoms with Gasteiger partial charge in [-0.05, 0) is 61.8 Å². The van der Waals surface area contributed by atoms with E-state index in [1.54, 1.807) is 7.11 Å². The number of ether oxygens (including phenoxy) is 2. The molecule has 1 fully saturated rings. The molecule has 0 bridgehead atoms. The van der Waals surface area contributed by atoms with Crippen molar-refractivity contribution in [1.29, 1.82) is 0 Å². The van der Waals surface area contributed by atoms with Crippen LogP contribution in [0.15, 0.2) is 46.9 Å². The van der Waals surface area contributed by atoms with Crippen molar-refractivity contribution in [2.75, 3.05) is 46.9 Å². The SMILES string of the molecule is COc1cc(CCCN2CCN(C)CC2)ccc1OCc1ccc(Br)cc1. The van der Waals surface area contributed by atoms with Gasteiger partial charge in [-0.3, -0.25) is 0 Å². The Morgan fingerprint density at radius 3 is 2.33 bits per heavy atom. The van der Waals surface area contributed by atoms with Crippen LogP contribution in [-0.4, -0.2) is 56.7 Å². The molecule has 0 N–H and O–H groups in total. The van der Waals surface area contributed by atoms with Crippen molar-refractivity contribution in [3.8, 4) is 11.5 Å². The van der Waals surface area contributed by atoms with E-state index in [1.165, 1.54) is 38.2 Å². The van der Waals surface area contributed by atoms with Crippen LogP contribution in [0.3, 0.4) is 0 Å².